The van der Waals surface area contributed by atoms with Gasteiger partial charge in [-0.2, -0.15) is 26.3 Å². The highest BCUT2D eigenvalue weighted by Gasteiger charge is 2.69. The van der Waals surface area contributed by atoms with Gasteiger partial charge in [0.05, 0.1) is 26.6 Å². The van der Waals surface area contributed by atoms with E-state index in [9.17, 15) is 45.1 Å². The zero-order chi connectivity index (χ0) is 20.3. The predicted molar refractivity (Wildman–Crippen MR) is 70.6 cm³/mol. The van der Waals surface area contributed by atoms with Gasteiger partial charge < -0.3 is 19.5 Å². The van der Waals surface area contributed by atoms with Crippen molar-refractivity contribution in [2.75, 3.05) is 40.3 Å². The fraction of sp³-hybridized carbons (Fsp3) is 0.818. The van der Waals surface area contributed by atoms with E-state index in [1.54, 1.807) is 0 Å². The highest BCUT2D eigenvalue weighted by atomic mass is 32.2. The summed E-state index contributed by atoms with van der Waals surface area (Å²) in [5, 5.41) is 12.9. The van der Waals surface area contributed by atoms with Gasteiger partial charge in [-0.3, -0.25) is 4.79 Å². The molecule has 25 heavy (non-hydrogen) atoms. The third-order valence-electron chi connectivity index (χ3n) is 3.03. The Morgan fingerprint density at radius 2 is 1.64 bits per heavy atom. The molecule has 0 fully saturated rings. The van der Waals surface area contributed by atoms with Gasteiger partial charge in [0.2, 0.25) is 0 Å². The van der Waals surface area contributed by atoms with Gasteiger partial charge in [-0.05, 0) is 0 Å². The standard InChI is InChI=1S/C11H17F5N2O6S/c1-18(2,7-9(21)22)5-3-4-17(6-8(19)20)25(23,24)11(15,16)10(12,13)14/h3-7H2,1-2H3,(H-,19,20,21,22). The van der Waals surface area contributed by atoms with Crippen LogP contribution in [0.5, 0.6) is 0 Å². The fourth-order valence-corrected chi connectivity index (χ4v) is 3.11. The average molecular weight is 400 g/mol. The molecule has 0 unspecified atom stereocenters. The molecule has 0 aromatic rings. The van der Waals surface area contributed by atoms with E-state index in [4.69, 9.17) is 5.11 Å². The first-order valence-electron chi connectivity index (χ1n) is 6.62. The number of sulfonamides is 1. The number of carbonyl (C=O) groups excluding carboxylic acids is 1. The molecular formula is C11H17F5N2O6S. The van der Waals surface area contributed by atoms with E-state index in [1.165, 1.54) is 14.1 Å². The molecule has 0 atom stereocenters. The summed E-state index contributed by atoms with van der Waals surface area (Å²) in [7, 11) is -3.59. The van der Waals surface area contributed by atoms with Crippen LogP contribution in [0.1, 0.15) is 6.42 Å². The van der Waals surface area contributed by atoms with Gasteiger partial charge in [-0.15, -0.1) is 0 Å². The Morgan fingerprint density at radius 1 is 1.16 bits per heavy atom. The number of carbonyl (C=O) groups is 2. The third kappa shape index (κ3) is 6.36. The molecule has 1 N–H and O–H groups in total. The molecular weight excluding hydrogens is 383 g/mol. The first kappa shape index (κ1) is 23.5. The molecule has 0 amide bonds. The normalized spacial score (nSPS) is 13.9. The Bertz CT molecular complexity index is 605. The van der Waals surface area contributed by atoms with Crippen molar-refractivity contribution >= 4 is 22.0 Å². The van der Waals surface area contributed by atoms with Crippen LogP contribution >= 0.6 is 0 Å². The van der Waals surface area contributed by atoms with E-state index < -0.39 is 57.3 Å². The van der Waals surface area contributed by atoms with Crippen LogP contribution in [0.25, 0.3) is 0 Å². The summed E-state index contributed by atoms with van der Waals surface area (Å²) in [6, 6.07) is 0. The van der Waals surface area contributed by atoms with E-state index in [0.29, 0.717) is 0 Å². The first-order valence-corrected chi connectivity index (χ1v) is 8.06. The van der Waals surface area contributed by atoms with Crippen LogP contribution in [-0.2, 0) is 19.6 Å². The molecule has 0 bridgehead atoms. The number of carboxylic acid groups (broad SMARTS) is 2. The van der Waals surface area contributed by atoms with Crippen LogP contribution < -0.4 is 5.11 Å². The second-order valence-electron chi connectivity index (χ2n) is 5.79. The van der Waals surface area contributed by atoms with Gasteiger partial charge in [-0.1, -0.05) is 0 Å². The number of likely N-dealkylation sites (N-methyl/N-ethyl adjacent to an activating group) is 1. The molecule has 0 spiro atoms. The monoisotopic (exact) mass is 400 g/mol. The van der Waals surface area contributed by atoms with Crippen LogP contribution in [0.4, 0.5) is 22.0 Å². The molecule has 0 aliphatic heterocycles. The number of rotatable bonds is 10. The molecule has 0 aromatic heterocycles. The van der Waals surface area contributed by atoms with Gasteiger partial charge in [0.1, 0.15) is 13.1 Å². The maximum Gasteiger partial charge on any atom is 0.470 e. The van der Waals surface area contributed by atoms with E-state index in [1.807, 2.05) is 0 Å². The lowest BCUT2D eigenvalue weighted by Crippen LogP contribution is -2.54. The molecule has 8 nitrogen and oxygen atoms in total. The van der Waals surface area contributed by atoms with Gasteiger partial charge in [-0.25, -0.2) is 8.42 Å². The first-order chi connectivity index (χ1) is 10.9. The number of carboxylic acids is 2. The second kappa shape index (κ2) is 7.78. The summed E-state index contributed by atoms with van der Waals surface area (Å²) < 4.78 is 85.7. The van der Waals surface area contributed by atoms with Crippen molar-refractivity contribution in [1.29, 1.82) is 0 Å². The fourth-order valence-electron chi connectivity index (χ4n) is 1.85. The zero-order valence-electron chi connectivity index (χ0n) is 13.2. The zero-order valence-corrected chi connectivity index (χ0v) is 14.0. The van der Waals surface area contributed by atoms with Crippen molar-refractivity contribution in [2.45, 2.75) is 17.9 Å². The van der Waals surface area contributed by atoms with E-state index in [2.05, 4.69) is 0 Å². The molecule has 0 aliphatic rings. The molecule has 0 aromatic carbocycles. The van der Waals surface area contributed by atoms with E-state index in [0.717, 1.165) is 0 Å². The Kier molecular flexibility index (Phi) is 7.30. The van der Waals surface area contributed by atoms with Gasteiger partial charge in [0.25, 0.3) is 10.0 Å². The summed E-state index contributed by atoms with van der Waals surface area (Å²) in [5.41, 5.74) is 0. The summed E-state index contributed by atoms with van der Waals surface area (Å²) in [5.74, 6) is -3.38. The maximum absolute atomic E-state index is 13.2. The van der Waals surface area contributed by atoms with Crippen LogP contribution in [0.2, 0.25) is 0 Å². The summed E-state index contributed by atoms with van der Waals surface area (Å²) in [4.78, 5) is 21.1. The van der Waals surface area contributed by atoms with Crippen LogP contribution in [0.3, 0.4) is 0 Å². The number of alkyl halides is 5. The lowest BCUT2D eigenvalue weighted by Gasteiger charge is -2.31. The van der Waals surface area contributed by atoms with Crippen LogP contribution in [-0.4, -0.2) is 86.0 Å². The quantitative estimate of drug-likeness (QED) is 0.375. The van der Waals surface area contributed by atoms with E-state index >= 15 is 0 Å². The number of hydrogen-bond donors (Lipinski definition) is 1. The lowest BCUT2D eigenvalue weighted by atomic mass is 10.3. The topological polar surface area (TPSA) is 115 Å². The minimum Gasteiger partial charge on any atom is -0.544 e. The SMILES string of the molecule is C[N+](C)(CCCN(CC(=O)O)S(=O)(=O)C(F)(F)C(F)(F)F)CC(=O)[O-]. The van der Waals surface area contributed by atoms with Crippen molar-refractivity contribution in [2.24, 2.45) is 0 Å². The molecule has 0 saturated carbocycles. The van der Waals surface area contributed by atoms with Gasteiger partial charge in [0, 0.05) is 13.0 Å². The molecule has 148 valence electrons. The van der Waals surface area contributed by atoms with Crippen molar-refractivity contribution in [3.05, 3.63) is 0 Å². The smallest absolute Gasteiger partial charge is 0.470 e. The Hall–Kier alpha value is -1.54. The maximum atomic E-state index is 13.2. The summed E-state index contributed by atoms with van der Waals surface area (Å²) >= 11 is 0. The molecule has 0 rings (SSSR count). The highest BCUT2D eigenvalue weighted by molar-refractivity contribution is 7.90. The van der Waals surface area contributed by atoms with Crippen molar-refractivity contribution in [3.8, 4) is 0 Å². The number of halogens is 5. The van der Waals surface area contributed by atoms with E-state index in [-0.39, 0.29) is 17.4 Å². The Balaban J connectivity index is 5.34. The second-order valence-corrected chi connectivity index (χ2v) is 7.77. The number of hydrogen-bond acceptors (Lipinski definition) is 5. The number of quaternary nitrogens is 1. The summed E-state index contributed by atoms with van der Waals surface area (Å²) in [6.07, 6.45) is -6.78. The minimum absolute atomic E-state index is 0.142. The van der Waals surface area contributed by atoms with Crippen molar-refractivity contribution in [1.82, 2.24) is 4.31 Å². The highest BCUT2D eigenvalue weighted by Crippen LogP contribution is 2.41. The Morgan fingerprint density at radius 3 is 2.00 bits per heavy atom. The largest absolute Gasteiger partial charge is 0.544 e. The van der Waals surface area contributed by atoms with Crippen LogP contribution in [0.15, 0.2) is 0 Å². The van der Waals surface area contributed by atoms with Gasteiger partial charge in [0.15, 0.2) is 0 Å². The van der Waals surface area contributed by atoms with Gasteiger partial charge >= 0.3 is 17.4 Å². The number of nitrogens with zero attached hydrogens (tertiary/aromatic N) is 2. The molecule has 0 heterocycles. The predicted octanol–water partition coefficient (Wildman–Crippen LogP) is -0.926. The minimum atomic E-state index is -6.42. The lowest BCUT2D eigenvalue weighted by molar-refractivity contribution is -0.884. The third-order valence-corrected chi connectivity index (χ3v) is 4.90. The Labute approximate surface area is 140 Å². The summed E-state index contributed by atoms with van der Waals surface area (Å²) in [6.45, 7) is -3.22. The molecule has 0 aliphatic carbocycles. The van der Waals surface area contributed by atoms with Crippen molar-refractivity contribution in [3.63, 3.8) is 0 Å². The average Bonchev–Trinajstić information content (AvgIpc) is 2.33. The molecule has 0 saturated heterocycles. The van der Waals surface area contributed by atoms with Crippen molar-refractivity contribution < 1.29 is 54.7 Å². The number of aliphatic carboxylic acids is 2. The molecule has 0 radical (unpaired) electrons. The molecule has 14 heteroatoms. The van der Waals surface area contributed by atoms with Crippen LogP contribution in [0, 0.1) is 0 Å².